The summed E-state index contributed by atoms with van der Waals surface area (Å²) in [5.74, 6) is -0.997. The van der Waals surface area contributed by atoms with Crippen LogP contribution in [0.15, 0.2) is 36.5 Å². The number of halogens is 2. The van der Waals surface area contributed by atoms with E-state index in [1.54, 1.807) is 6.07 Å². The molecule has 2 rings (SSSR count). The normalized spacial score (nSPS) is 10.9. The predicted molar refractivity (Wildman–Crippen MR) is 70.5 cm³/mol. The summed E-state index contributed by atoms with van der Waals surface area (Å²) in [6.45, 7) is -0.124. The van der Waals surface area contributed by atoms with Gasteiger partial charge >= 0.3 is 0 Å². The Morgan fingerprint density at radius 2 is 2.05 bits per heavy atom. The van der Waals surface area contributed by atoms with Crippen molar-refractivity contribution < 1.29 is 18.7 Å². The average Bonchev–Trinajstić information content (AvgIpc) is 2.46. The first kappa shape index (κ1) is 15.3. The van der Waals surface area contributed by atoms with Crippen molar-refractivity contribution in [2.45, 2.75) is 13.0 Å². The highest BCUT2D eigenvalue weighted by Gasteiger charge is 2.06. The highest BCUT2D eigenvalue weighted by Crippen LogP contribution is 2.19. The SMILES string of the molecule is [O-]N(O)CCc1ccc(OCc2ccc(F)cn2)c(F)c1. The van der Waals surface area contributed by atoms with Crippen LogP contribution in [0.4, 0.5) is 8.78 Å². The van der Waals surface area contributed by atoms with E-state index < -0.39 is 11.6 Å². The summed E-state index contributed by atoms with van der Waals surface area (Å²) in [5.41, 5.74) is 1.04. The Morgan fingerprint density at radius 1 is 1.24 bits per heavy atom. The minimum Gasteiger partial charge on any atom is -0.762 e. The van der Waals surface area contributed by atoms with E-state index in [-0.39, 0.29) is 30.5 Å². The van der Waals surface area contributed by atoms with Crippen molar-refractivity contribution in [2.75, 3.05) is 6.54 Å². The number of pyridine rings is 1. The van der Waals surface area contributed by atoms with E-state index in [1.807, 2.05) is 0 Å². The topological polar surface area (TPSA) is 68.7 Å². The maximum atomic E-state index is 13.8. The molecular formula is C14H13F2N2O3-. The first-order valence-electron chi connectivity index (χ1n) is 6.20. The van der Waals surface area contributed by atoms with Crippen LogP contribution < -0.4 is 4.74 Å². The Bertz CT molecular complexity index is 591. The van der Waals surface area contributed by atoms with Crippen LogP contribution in [-0.2, 0) is 13.0 Å². The molecule has 0 bridgehead atoms. The van der Waals surface area contributed by atoms with Crippen LogP contribution in [-0.4, -0.2) is 22.0 Å². The molecule has 0 fully saturated rings. The van der Waals surface area contributed by atoms with Gasteiger partial charge in [0.05, 0.1) is 11.9 Å². The Kier molecular flexibility index (Phi) is 5.15. The van der Waals surface area contributed by atoms with E-state index in [0.717, 1.165) is 6.20 Å². The van der Waals surface area contributed by atoms with E-state index in [2.05, 4.69) is 4.98 Å². The summed E-state index contributed by atoms with van der Waals surface area (Å²) in [7, 11) is 0. The lowest BCUT2D eigenvalue weighted by atomic mass is 10.1. The predicted octanol–water partition coefficient (Wildman–Crippen LogP) is 2.67. The van der Waals surface area contributed by atoms with E-state index in [1.165, 1.54) is 24.3 Å². The number of hydroxylamine groups is 2. The van der Waals surface area contributed by atoms with Gasteiger partial charge in [0.25, 0.3) is 0 Å². The summed E-state index contributed by atoms with van der Waals surface area (Å²) in [6.07, 6.45) is 1.28. The zero-order valence-corrected chi connectivity index (χ0v) is 11.0. The number of benzene rings is 1. The number of aromatic nitrogens is 1. The molecule has 0 aliphatic carbocycles. The third kappa shape index (κ3) is 4.75. The van der Waals surface area contributed by atoms with Crippen LogP contribution >= 0.6 is 0 Å². The van der Waals surface area contributed by atoms with Crippen molar-refractivity contribution in [2.24, 2.45) is 0 Å². The van der Waals surface area contributed by atoms with E-state index in [9.17, 15) is 14.0 Å². The Labute approximate surface area is 120 Å². The van der Waals surface area contributed by atoms with Crippen LogP contribution in [0.2, 0.25) is 0 Å². The van der Waals surface area contributed by atoms with Crippen molar-refractivity contribution in [3.8, 4) is 5.75 Å². The molecule has 0 aliphatic heterocycles. The zero-order chi connectivity index (χ0) is 15.2. The lowest BCUT2D eigenvalue weighted by Crippen LogP contribution is -2.13. The molecule has 1 N–H and O–H groups in total. The summed E-state index contributed by atoms with van der Waals surface area (Å²) >= 11 is 0. The zero-order valence-electron chi connectivity index (χ0n) is 11.0. The molecule has 0 unspecified atom stereocenters. The highest BCUT2D eigenvalue weighted by molar-refractivity contribution is 5.29. The lowest BCUT2D eigenvalue weighted by Gasteiger charge is -2.18. The molecule has 0 spiro atoms. The second-order valence-corrected chi connectivity index (χ2v) is 4.35. The number of hydrogen-bond donors (Lipinski definition) is 1. The van der Waals surface area contributed by atoms with Gasteiger partial charge < -0.3 is 15.2 Å². The molecule has 1 aromatic carbocycles. The molecule has 21 heavy (non-hydrogen) atoms. The maximum Gasteiger partial charge on any atom is 0.165 e. The fourth-order valence-electron chi connectivity index (χ4n) is 1.69. The van der Waals surface area contributed by atoms with Gasteiger partial charge in [-0.2, -0.15) is 0 Å². The molecule has 0 radical (unpaired) electrons. The third-order valence-electron chi connectivity index (χ3n) is 2.75. The summed E-state index contributed by atoms with van der Waals surface area (Å²) in [6, 6.07) is 6.96. The molecule has 1 aromatic heterocycles. The number of hydrogen-bond acceptors (Lipinski definition) is 5. The monoisotopic (exact) mass is 295 g/mol. The van der Waals surface area contributed by atoms with Crippen molar-refractivity contribution in [3.63, 3.8) is 0 Å². The third-order valence-corrected chi connectivity index (χ3v) is 2.75. The molecular weight excluding hydrogens is 282 g/mol. The minimum absolute atomic E-state index is 0.0154. The van der Waals surface area contributed by atoms with Crippen molar-refractivity contribution in [1.29, 1.82) is 0 Å². The molecule has 0 amide bonds. The quantitative estimate of drug-likeness (QED) is 0.830. The van der Waals surface area contributed by atoms with E-state index >= 15 is 0 Å². The smallest absolute Gasteiger partial charge is 0.165 e. The van der Waals surface area contributed by atoms with Crippen LogP contribution in [0, 0.1) is 16.8 Å². The van der Waals surface area contributed by atoms with Gasteiger partial charge in [-0.1, -0.05) is 6.07 Å². The largest absolute Gasteiger partial charge is 0.762 e. The molecule has 0 atom stereocenters. The number of nitrogens with zero attached hydrogens (tertiary/aromatic N) is 2. The fraction of sp³-hybridized carbons (Fsp3) is 0.214. The number of ether oxygens (including phenoxy) is 1. The van der Waals surface area contributed by atoms with E-state index in [4.69, 9.17) is 9.94 Å². The second kappa shape index (κ2) is 7.07. The Morgan fingerprint density at radius 3 is 2.67 bits per heavy atom. The number of rotatable bonds is 6. The highest BCUT2D eigenvalue weighted by atomic mass is 19.1. The lowest BCUT2D eigenvalue weighted by molar-refractivity contribution is -0.0391. The van der Waals surface area contributed by atoms with Gasteiger partial charge in [0.1, 0.15) is 12.4 Å². The minimum atomic E-state index is -0.579. The standard InChI is InChI=1S/C14H13F2N2O3/c15-11-2-3-12(17-8-11)9-21-14-4-1-10(7-13(14)16)5-6-18(19)20/h1-4,7-8,19H,5-6,9H2/q-1. The van der Waals surface area contributed by atoms with Crippen LogP contribution in [0.3, 0.4) is 0 Å². The first-order valence-corrected chi connectivity index (χ1v) is 6.20. The van der Waals surface area contributed by atoms with Crippen molar-refractivity contribution in [3.05, 3.63) is 64.6 Å². The molecule has 0 saturated heterocycles. The van der Waals surface area contributed by atoms with Gasteiger partial charge in [-0.3, -0.25) is 10.2 Å². The second-order valence-electron chi connectivity index (χ2n) is 4.35. The van der Waals surface area contributed by atoms with Gasteiger partial charge in [-0.05, 0) is 36.2 Å². The van der Waals surface area contributed by atoms with Gasteiger partial charge in [0, 0.05) is 6.54 Å². The molecule has 5 nitrogen and oxygen atoms in total. The molecule has 2 aromatic rings. The van der Waals surface area contributed by atoms with E-state index in [0.29, 0.717) is 11.3 Å². The fourth-order valence-corrected chi connectivity index (χ4v) is 1.69. The van der Waals surface area contributed by atoms with Gasteiger partial charge in [-0.25, -0.2) is 8.78 Å². The maximum absolute atomic E-state index is 13.8. The molecule has 0 saturated carbocycles. The molecule has 112 valence electrons. The van der Waals surface area contributed by atoms with Crippen molar-refractivity contribution in [1.82, 2.24) is 10.2 Å². The van der Waals surface area contributed by atoms with Gasteiger partial charge in [0.2, 0.25) is 0 Å². The van der Waals surface area contributed by atoms with Crippen LogP contribution in [0.1, 0.15) is 11.3 Å². The molecule has 1 heterocycles. The summed E-state index contributed by atoms with van der Waals surface area (Å²) in [4.78, 5) is 3.80. The Hall–Kier alpha value is -2.09. The summed E-state index contributed by atoms with van der Waals surface area (Å²) in [5, 5.41) is 18.7. The van der Waals surface area contributed by atoms with Gasteiger partial charge in [0.15, 0.2) is 11.6 Å². The molecule has 7 heteroatoms. The van der Waals surface area contributed by atoms with Crippen LogP contribution in [0.25, 0.3) is 0 Å². The molecule has 0 aliphatic rings. The summed E-state index contributed by atoms with van der Waals surface area (Å²) < 4.78 is 31.7. The van der Waals surface area contributed by atoms with Crippen molar-refractivity contribution >= 4 is 0 Å². The first-order chi connectivity index (χ1) is 10.0. The van der Waals surface area contributed by atoms with Gasteiger partial charge in [-0.15, -0.1) is 0 Å². The Balaban J connectivity index is 1.95. The average molecular weight is 295 g/mol. The van der Waals surface area contributed by atoms with Crippen LogP contribution in [0.5, 0.6) is 5.75 Å².